The number of imidazole rings is 1. The summed E-state index contributed by atoms with van der Waals surface area (Å²) in [6.45, 7) is 3.60. The first-order valence-electron chi connectivity index (χ1n) is 14.1. The van der Waals surface area contributed by atoms with Crippen molar-refractivity contribution in [3.05, 3.63) is 80.2 Å². The molecule has 1 aliphatic heterocycles. The highest BCUT2D eigenvalue weighted by molar-refractivity contribution is 6.32. The minimum atomic E-state index is -4.66. The average Bonchev–Trinajstić information content (AvgIpc) is 3.17. The van der Waals surface area contributed by atoms with E-state index in [-0.39, 0.29) is 48.9 Å². The average molecular weight is 636 g/mol. The Labute approximate surface area is 256 Å². The normalized spacial score (nSPS) is 16.0. The number of esters is 1. The van der Waals surface area contributed by atoms with Gasteiger partial charge in [-0.25, -0.2) is 9.59 Å². The van der Waals surface area contributed by atoms with Crippen LogP contribution in [0.25, 0.3) is 11.0 Å². The zero-order valence-electron chi connectivity index (χ0n) is 24.5. The number of Topliss-reactive ketones (excluding diaryl/α,β-unsaturated/α-hetero) is 1. The summed E-state index contributed by atoms with van der Waals surface area (Å²) < 4.78 is 53.7. The number of hydrogen-bond acceptors (Lipinski definition) is 6. The van der Waals surface area contributed by atoms with E-state index in [1.54, 1.807) is 36.7 Å². The van der Waals surface area contributed by atoms with Crippen LogP contribution in [0.4, 0.5) is 13.2 Å². The Bertz CT molecular complexity index is 1660. The molecule has 0 saturated carbocycles. The van der Waals surface area contributed by atoms with Crippen LogP contribution in [0.5, 0.6) is 0 Å². The van der Waals surface area contributed by atoms with Crippen molar-refractivity contribution < 1.29 is 37.0 Å². The first kappa shape index (κ1) is 33.0. The molecule has 3 aromatic rings. The molecule has 1 aromatic heterocycles. The summed E-state index contributed by atoms with van der Waals surface area (Å²) in [7, 11) is 1.67. The number of alkyl halides is 3. The molecule has 44 heavy (non-hydrogen) atoms. The van der Waals surface area contributed by atoms with E-state index in [2.05, 4.69) is 5.32 Å². The van der Waals surface area contributed by atoms with Crippen LogP contribution >= 0.6 is 11.6 Å². The smallest absolute Gasteiger partial charge is 0.417 e. The number of nitrogens with one attached hydrogen (secondary N) is 1. The summed E-state index contributed by atoms with van der Waals surface area (Å²) in [6.07, 6.45) is -2.47. The number of fused-ring (bicyclic) bond motifs is 1. The van der Waals surface area contributed by atoms with E-state index in [1.165, 1.54) is 29.7 Å². The summed E-state index contributed by atoms with van der Waals surface area (Å²) >= 11 is 6.02. The first-order chi connectivity index (χ1) is 20.8. The fourth-order valence-corrected chi connectivity index (χ4v) is 5.36. The van der Waals surface area contributed by atoms with Crippen LogP contribution < -0.4 is 11.0 Å². The quantitative estimate of drug-likeness (QED) is 0.133. The largest absolute Gasteiger partial charge is 0.462 e. The molecule has 2 heterocycles. The number of halogens is 4. The molecule has 1 fully saturated rings. The van der Waals surface area contributed by atoms with Crippen LogP contribution in [0.15, 0.2) is 52.8 Å². The summed E-state index contributed by atoms with van der Waals surface area (Å²) in [6, 6.07) is 8.80. The first-order valence-corrected chi connectivity index (χ1v) is 14.5. The topological polar surface area (TPSA) is 109 Å². The van der Waals surface area contributed by atoms with Gasteiger partial charge in [-0.05, 0) is 62.4 Å². The molecule has 0 aliphatic carbocycles. The third-order valence-electron chi connectivity index (χ3n) is 7.56. The number of aryl methyl sites for hydroxylation is 1. The van der Waals surface area contributed by atoms with Crippen molar-refractivity contribution in [1.82, 2.24) is 14.5 Å². The van der Waals surface area contributed by atoms with E-state index in [9.17, 15) is 32.3 Å². The number of rotatable bonds is 12. The van der Waals surface area contributed by atoms with Gasteiger partial charge in [-0.3, -0.25) is 18.7 Å². The summed E-state index contributed by atoms with van der Waals surface area (Å²) in [4.78, 5) is 51.0. The number of hydrogen-bond donors (Lipinski definition) is 1. The molecule has 0 spiro atoms. The minimum Gasteiger partial charge on any atom is -0.462 e. The van der Waals surface area contributed by atoms with Crippen molar-refractivity contribution in [1.29, 1.82) is 0 Å². The highest BCUT2D eigenvalue weighted by Crippen LogP contribution is 2.36. The number of carbonyl (C=O) groups excluding carboxylic acids is 3. The van der Waals surface area contributed by atoms with Crippen molar-refractivity contribution in [2.45, 2.75) is 58.5 Å². The molecule has 2 unspecified atom stereocenters. The summed E-state index contributed by atoms with van der Waals surface area (Å²) in [5, 5.41) is 2.14. The van der Waals surface area contributed by atoms with Gasteiger partial charge in [0.05, 0.1) is 46.4 Å². The van der Waals surface area contributed by atoms with Gasteiger partial charge >= 0.3 is 17.8 Å². The number of aromatic nitrogens is 2. The van der Waals surface area contributed by atoms with Gasteiger partial charge in [-0.1, -0.05) is 35.9 Å². The molecule has 4 rings (SSSR count). The number of ether oxygens (including phenoxy) is 2. The minimum absolute atomic E-state index is 0.0502. The van der Waals surface area contributed by atoms with E-state index in [1.807, 2.05) is 0 Å². The monoisotopic (exact) mass is 635 g/mol. The molecule has 9 nitrogen and oxygen atoms in total. The molecular formula is C31H33ClF3N3O6. The molecule has 1 aliphatic rings. The van der Waals surface area contributed by atoms with E-state index in [4.69, 9.17) is 21.1 Å². The third-order valence-corrected chi connectivity index (χ3v) is 8.01. The van der Waals surface area contributed by atoms with Gasteiger partial charge < -0.3 is 14.8 Å². The van der Waals surface area contributed by atoms with Crippen LogP contribution in [-0.4, -0.2) is 46.1 Å². The number of benzene rings is 2. The van der Waals surface area contributed by atoms with Crippen LogP contribution in [0.2, 0.25) is 5.02 Å². The Kier molecular flexibility index (Phi) is 10.4. The Morgan fingerprint density at radius 1 is 1.20 bits per heavy atom. The Morgan fingerprint density at radius 3 is 2.55 bits per heavy atom. The summed E-state index contributed by atoms with van der Waals surface area (Å²) in [5.74, 6) is -2.73. The lowest BCUT2D eigenvalue weighted by Crippen LogP contribution is -2.35. The highest BCUT2D eigenvalue weighted by atomic mass is 35.5. The van der Waals surface area contributed by atoms with Crippen LogP contribution in [-0.2, 0) is 56.6 Å². The molecule has 0 radical (unpaired) electrons. The Balaban J connectivity index is 1.64. The Hall–Kier alpha value is -3.90. The second-order valence-corrected chi connectivity index (χ2v) is 11.0. The zero-order chi connectivity index (χ0) is 32.2. The fraction of sp³-hybridized carbons (Fsp3) is 0.419. The fourth-order valence-electron chi connectivity index (χ4n) is 5.06. The molecular weight excluding hydrogens is 603 g/mol. The Morgan fingerprint density at radius 2 is 1.93 bits per heavy atom. The standard InChI is InChI=1S/C31H33ClF3N3O6/c1-4-43-29(41)23(18(2)39)10-9-20(28(40)36-16-21-6-5-7-24(27(21)32)31(33,34)35)14-19-8-11-25-26(15-19)38(30(42)37(25)3)17-22-12-13-44-22/h5-8,10-11,15,20,22H,4,9,12-14,16-17H2,1-3H3,(H,36,40)/b23-10+. The third kappa shape index (κ3) is 7.41. The van der Waals surface area contributed by atoms with Crippen LogP contribution in [0.3, 0.4) is 0 Å². The van der Waals surface area contributed by atoms with Gasteiger partial charge in [0.1, 0.15) is 0 Å². The molecule has 1 N–H and O–H groups in total. The van der Waals surface area contributed by atoms with Crippen molar-refractivity contribution in [2.24, 2.45) is 13.0 Å². The van der Waals surface area contributed by atoms with Crippen molar-refractivity contribution in [3.63, 3.8) is 0 Å². The van der Waals surface area contributed by atoms with E-state index >= 15 is 0 Å². The van der Waals surface area contributed by atoms with Crippen LogP contribution in [0, 0.1) is 5.92 Å². The molecule has 2 atom stereocenters. The number of amides is 1. The van der Waals surface area contributed by atoms with Gasteiger partial charge in [0.25, 0.3) is 0 Å². The maximum Gasteiger partial charge on any atom is 0.417 e. The van der Waals surface area contributed by atoms with Crippen LogP contribution in [0.1, 0.15) is 43.4 Å². The zero-order valence-corrected chi connectivity index (χ0v) is 25.3. The van der Waals surface area contributed by atoms with Gasteiger partial charge in [0, 0.05) is 26.1 Å². The predicted molar refractivity (Wildman–Crippen MR) is 157 cm³/mol. The lowest BCUT2D eigenvalue weighted by Gasteiger charge is -2.26. The van der Waals surface area contributed by atoms with Gasteiger partial charge in [0.15, 0.2) is 5.78 Å². The maximum atomic E-state index is 13.5. The number of carbonyl (C=O) groups is 3. The molecule has 236 valence electrons. The van der Waals surface area contributed by atoms with Gasteiger partial charge in [-0.2, -0.15) is 13.2 Å². The molecule has 13 heteroatoms. The number of ketones is 1. The lowest BCUT2D eigenvalue weighted by atomic mass is 9.93. The van der Waals surface area contributed by atoms with Crippen molar-refractivity contribution in [2.75, 3.05) is 13.2 Å². The maximum absolute atomic E-state index is 13.5. The number of allylic oxidation sites excluding steroid dienone is 1. The molecule has 1 amide bonds. The van der Waals surface area contributed by atoms with E-state index < -0.39 is 40.3 Å². The SMILES string of the molecule is CCOC(=O)/C(=C/CC(Cc1ccc2c(c1)n(CC1CCO1)c(=O)n2C)C(=O)NCc1cccc(C(F)(F)F)c1Cl)C(C)=O. The van der Waals surface area contributed by atoms with Gasteiger partial charge in [-0.15, -0.1) is 0 Å². The lowest BCUT2D eigenvalue weighted by molar-refractivity contribution is -0.140. The van der Waals surface area contributed by atoms with E-state index in [0.717, 1.165) is 12.5 Å². The van der Waals surface area contributed by atoms with Crippen molar-refractivity contribution >= 4 is 40.3 Å². The second kappa shape index (κ2) is 13.8. The number of nitrogens with zero attached hydrogens (tertiary/aromatic N) is 2. The molecule has 2 aromatic carbocycles. The van der Waals surface area contributed by atoms with E-state index in [0.29, 0.717) is 29.7 Å². The second-order valence-electron chi connectivity index (χ2n) is 10.6. The summed E-state index contributed by atoms with van der Waals surface area (Å²) in [5.41, 5.74) is 0.694. The molecule has 1 saturated heterocycles. The highest BCUT2D eigenvalue weighted by Gasteiger charge is 2.34. The van der Waals surface area contributed by atoms with Crippen molar-refractivity contribution in [3.8, 4) is 0 Å². The van der Waals surface area contributed by atoms with Gasteiger partial charge in [0.2, 0.25) is 5.91 Å². The molecule has 0 bridgehead atoms. The predicted octanol–water partition coefficient (Wildman–Crippen LogP) is 4.74.